The molecule has 3 N–H and O–H groups in total. The van der Waals surface area contributed by atoms with Crippen LogP contribution < -0.4 is 20.7 Å². The van der Waals surface area contributed by atoms with Gasteiger partial charge in [-0.15, -0.1) is 23.2 Å². The summed E-state index contributed by atoms with van der Waals surface area (Å²) in [6, 6.07) is 22.7. The standard InChI is InChI=1S/C32H28Cl5N3O3/c1-18-12-23(38-17-19-4-8-25(43-3)9-5-19)7-11-28(18)40-30(41)26-16-24(6-10-27(26)35)39-31(42)29(32(2,36)37)20-13-21(33)15-22(34)14-20/h4-16,29,38H,17H2,1-3H3,(H,39,42)(H,40,41). The van der Waals surface area contributed by atoms with Gasteiger partial charge in [-0.2, -0.15) is 0 Å². The molecular formula is C32H28Cl5N3O3. The molecule has 6 nitrogen and oxygen atoms in total. The zero-order valence-electron chi connectivity index (χ0n) is 23.4. The fraction of sp³-hybridized carbons (Fsp3) is 0.188. The Balaban J connectivity index is 1.46. The molecule has 2 amide bonds. The molecule has 4 aromatic carbocycles. The number of carbonyl (C=O) groups excluding carboxylic acids is 2. The van der Waals surface area contributed by atoms with Gasteiger partial charge in [0.25, 0.3) is 5.91 Å². The molecule has 0 aliphatic heterocycles. The Labute approximate surface area is 275 Å². The molecule has 4 aromatic rings. The minimum atomic E-state index is -1.50. The van der Waals surface area contributed by atoms with Gasteiger partial charge in [-0.3, -0.25) is 9.59 Å². The molecule has 11 heteroatoms. The SMILES string of the molecule is COc1ccc(CNc2ccc(NC(=O)c3cc(NC(=O)C(c4cc(Cl)cc(Cl)c4)C(C)(Cl)Cl)ccc3Cl)c(C)c2)cc1. The fourth-order valence-electron chi connectivity index (χ4n) is 4.46. The summed E-state index contributed by atoms with van der Waals surface area (Å²) in [5, 5.41) is 9.93. The molecule has 1 unspecified atom stereocenters. The summed E-state index contributed by atoms with van der Waals surface area (Å²) in [7, 11) is 1.63. The summed E-state index contributed by atoms with van der Waals surface area (Å²) < 4.78 is 3.70. The van der Waals surface area contributed by atoms with Crippen molar-refractivity contribution in [1.29, 1.82) is 0 Å². The van der Waals surface area contributed by atoms with Crippen molar-refractivity contribution in [2.45, 2.75) is 30.6 Å². The van der Waals surface area contributed by atoms with Gasteiger partial charge in [0.05, 0.1) is 23.6 Å². The van der Waals surface area contributed by atoms with E-state index in [4.69, 9.17) is 62.7 Å². The van der Waals surface area contributed by atoms with Gasteiger partial charge in [-0.05, 0) is 97.3 Å². The van der Waals surface area contributed by atoms with Crippen LogP contribution in [0.4, 0.5) is 17.1 Å². The summed E-state index contributed by atoms with van der Waals surface area (Å²) in [6.07, 6.45) is 0. The number of benzene rings is 4. The van der Waals surface area contributed by atoms with Gasteiger partial charge in [0.15, 0.2) is 0 Å². The molecule has 0 saturated carbocycles. The van der Waals surface area contributed by atoms with E-state index in [-0.39, 0.29) is 10.6 Å². The number of aryl methyl sites for hydroxylation is 1. The van der Waals surface area contributed by atoms with Gasteiger partial charge in [0, 0.05) is 33.7 Å². The summed E-state index contributed by atoms with van der Waals surface area (Å²) in [6.45, 7) is 4.02. The number of methoxy groups -OCH3 is 1. The first kappa shape index (κ1) is 32.8. The predicted molar refractivity (Wildman–Crippen MR) is 179 cm³/mol. The zero-order valence-corrected chi connectivity index (χ0v) is 27.2. The minimum Gasteiger partial charge on any atom is -0.497 e. The van der Waals surface area contributed by atoms with Crippen molar-refractivity contribution >= 4 is 86.9 Å². The number of ether oxygens (including phenoxy) is 1. The van der Waals surface area contributed by atoms with Crippen LogP contribution in [0.15, 0.2) is 78.9 Å². The third kappa shape index (κ3) is 8.71. The molecular weight excluding hydrogens is 652 g/mol. The first-order valence-electron chi connectivity index (χ1n) is 13.1. The lowest BCUT2D eigenvalue weighted by atomic mass is 9.94. The molecule has 0 aliphatic rings. The van der Waals surface area contributed by atoms with Crippen molar-refractivity contribution in [2.75, 3.05) is 23.1 Å². The van der Waals surface area contributed by atoms with E-state index >= 15 is 0 Å². The fourth-order valence-corrected chi connectivity index (χ4v) is 5.66. The number of rotatable bonds is 10. The highest BCUT2D eigenvalue weighted by Crippen LogP contribution is 2.40. The molecule has 1 atom stereocenters. The first-order valence-corrected chi connectivity index (χ1v) is 15.0. The average Bonchev–Trinajstić information content (AvgIpc) is 2.93. The van der Waals surface area contributed by atoms with Gasteiger partial charge in [0.1, 0.15) is 10.1 Å². The summed E-state index contributed by atoms with van der Waals surface area (Å²) in [5.74, 6) is -1.19. The van der Waals surface area contributed by atoms with Crippen molar-refractivity contribution in [1.82, 2.24) is 0 Å². The van der Waals surface area contributed by atoms with Crippen LogP contribution in [0, 0.1) is 6.92 Å². The lowest BCUT2D eigenvalue weighted by molar-refractivity contribution is -0.117. The molecule has 0 spiro atoms. The second kappa shape index (κ2) is 14.1. The summed E-state index contributed by atoms with van der Waals surface area (Å²) >= 11 is 31.5. The van der Waals surface area contributed by atoms with E-state index in [1.54, 1.807) is 31.4 Å². The Bertz CT molecular complexity index is 1620. The van der Waals surface area contributed by atoms with Gasteiger partial charge in [-0.25, -0.2) is 0 Å². The highest BCUT2D eigenvalue weighted by Gasteiger charge is 2.38. The zero-order chi connectivity index (χ0) is 31.3. The number of alkyl halides is 2. The molecule has 0 fully saturated rings. The van der Waals surface area contributed by atoms with Crippen LogP contribution in [0.25, 0.3) is 0 Å². The average molecular weight is 680 g/mol. The van der Waals surface area contributed by atoms with Gasteiger partial charge in [-0.1, -0.05) is 46.9 Å². The van der Waals surface area contributed by atoms with E-state index in [1.807, 2.05) is 49.4 Å². The van der Waals surface area contributed by atoms with Crippen LogP contribution in [0.5, 0.6) is 5.75 Å². The van der Waals surface area contributed by atoms with E-state index in [0.717, 1.165) is 22.6 Å². The number of nitrogens with one attached hydrogen (secondary N) is 3. The quantitative estimate of drug-likeness (QED) is 0.146. The first-order chi connectivity index (χ1) is 20.3. The molecule has 0 heterocycles. The molecule has 224 valence electrons. The Morgan fingerprint density at radius 3 is 2.09 bits per heavy atom. The van der Waals surface area contributed by atoms with Crippen LogP contribution in [-0.2, 0) is 11.3 Å². The van der Waals surface area contributed by atoms with E-state index < -0.39 is 22.1 Å². The molecule has 0 radical (unpaired) electrons. The van der Waals surface area contributed by atoms with Gasteiger partial charge < -0.3 is 20.7 Å². The van der Waals surface area contributed by atoms with Gasteiger partial charge in [0.2, 0.25) is 5.91 Å². The molecule has 4 rings (SSSR count). The van der Waals surface area contributed by atoms with Crippen molar-refractivity contribution in [3.63, 3.8) is 0 Å². The Hall–Kier alpha value is -3.13. The molecule has 0 saturated heterocycles. The molecule has 0 bridgehead atoms. The van der Waals surface area contributed by atoms with E-state index in [9.17, 15) is 9.59 Å². The number of hydrogen-bond acceptors (Lipinski definition) is 4. The summed E-state index contributed by atoms with van der Waals surface area (Å²) in [5.41, 5.74) is 4.39. The van der Waals surface area contributed by atoms with Crippen LogP contribution in [0.2, 0.25) is 15.1 Å². The maximum absolute atomic E-state index is 13.4. The highest BCUT2D eigenvalue weighted by molar-refractivity contribution is 6.50. The molecule has 0 aliphatic carbocycles. The minimum absolute atomic E-state index is 0.169. The Kier molecular flexibility index (Phi) is 10.8. The predicted octanol–water partition coefficient (Wildman–Crippen LogP) is 9.74. The Morgan fingerprint density at radius 1 is 0.837 bits per heavy atom. The third-order valence-electron chi connectivity index (χ3n) is 6.60. The number of carbonyl (C=O) groups is 2. The number of amides is 2. The lowest BCUT2D eigenvalue weighted by Gasteiger charge is -2.26. The van der Waals surface area contributed by atoms with Crippen LogP contribution in [0.1, 0.15) is 39.9 Å². The van der Waals surface area contributed by atoms with E-state index in [0.29, 0.717) is 33.5 Å². The van der Waals surface area contributed by atoms with Crippen LogP contribution in [-0.4, -0.2) is 23.3 Å². The van der Waals surface area contributed by atoms with Crippen molar-refractivity contribution in [2.24, 2.45) is 0 Å². The smallest absolute Gasteiger partial charge is 0.257 e. The number of anilines is 3. The second-order valence-electron chi connectivity index (χ2n) is 9.96. The topological polar surface area (TPSA) is 79.5 Å². The summed E-state index contributed by atoms with van der Waals surface area (Å²) in [4.78, 5) is 26.6. The molecule has 0 aromatic heterocycles. The normalized spacial score (nSPS) is 11.9. The monoisotopic (exact) mass is 677 g/mol. The highest BCUT2D eigenvalue weighted by atomic mass is 35.5. The van der Waals surface area contributed by atoms with Crippen molar-refractivity contribution in [3.8, 4) is 5.75 Å². The largest absolute Gasteiger partial charge is 0.497 e. The maximum Gasteiger partial charge on any atom is 0.257 e. The van der Waals surface area contributed by atoms with Crippen LogP contribution in [0.3, 0.4) is 0 Å². The second-order valence-corrected chi connectivity index (χ2v) is 13.0. The lowest BCUT2D eigenvalue weighted by Crippen LogP contribution is -2.32. The number of halogens is 5. The maximum atomic E-state index is 13.4. The molecule has 43 heavy (non-hydrogen) atoms. The van der Waals surface area contributed by atoms with E-state index in [1.165, 1.54) is 19.1 Å². The number of hydrogen-bond donors (Lipinski definition) is 3. The van der Waals surface area contributed by atoms with E-state index in [2.05, 4.69) is 16.0 Å². The Morgan fingerprint density at radius 2 is 1.49 bits per heavy atom. The van der Waals surface area contributed by atoms with Crippen LogP contribution >= 0.6 is 58.0 Å². The van der Waals surface area contributed by atoms with Crippen molar-refractivity contribution in [3.05, 3.63) is 116 Å². The van der Waals surface area contributed by atoms with Gasteiger partial charge >= 0.3 is 0 Å². The third-order valence-corrected chi connectivity index (χ3v) is 7.80. The van der Waals surface area contributed by atoms with Crippen molar-refractivity contribution < 1.29 is 14.3 Å².